The van der Waals surface area contributed by atoms with Gasteiger partial charge in [-0.25, -0.2) is 0 Å². The molecule has 0 heterocycles. The van der Waals surface area contributed by atoms with Crippen LogP contribution in [0.3, 0.4) is 0 Å². The van der Waals surface area contributed by atoms with Gasteiger partial charge in [0.2, 0.25) is 0 Å². The fourth-order valence-electron chi connectivity index (χ4n) is 2.13. The van der Waals surface area contributed by atoms with Crippen LogP contribution in [0.15, 0.2) is 22.7 Å². The van der Waals surface area contributed by atoms with Gasteiger partial charge < -0.3 is 15.0 Å². The van der Waals surface area contributed by atoms with Crippen LogP contribution in [-0.2, 0) is 11.3 Å². The van der Waals surface area contributed by atoms with Crippen molar-refractivity contribution < 1.29 is 4.74 Å². The van der Waals surface area contributed by atoms with Crippen LogP contribution >= 0.6 is 15.9 Å². The molecule has 0 radical (unpaired) electrons. The maximum atomic E-state index is 5.03. The van der Waals surface area contributed by atoms with E-state index in [4.69, 9.17) is 4.74 Å². The smallest absolute Gasteiger partial charge is 0.0587 e. The van der Waals surface area contributed by atoms with Crippen LogP contribution in [0.2, 0.25) is 0 Å². The lowest BCUT2D eigenvalue weighted by Gasteiger charge is -2.25. The molecule has 0 bridgehead atoms. The molecule has 0 saturated heterocycles. The number of rotatable bonds is 9. The van der Waals surface area contributed by atoms with Crippen LogP contribution in [0.5, 0.6) is 0 Å². The summed E-state index contributed by atoms with van der Waals surface area (Å²) in [6, 6.07) is 6.63. The normalized spacial score (nSPS) is 11.1. The number of hydrogen-bond acceptors (Lipinski definition) is 3. The summed E-state index contributed by atoms with van der Waals surface area (Å²) >= 11 is 3.68. The summed E-state index contributed by atoms with van der Waals surface area (Å²) < 4.78 is 6.20. The molecule has 114 valence electrons. The van der Waals surface area contributed by atoms with Crippen molar-refractivity contribution >= 4 is 21.6 Å². The lowest BCUT2D eigenvalue weighted by atomic mass is 10.1. The Morgan fingerprint density at radius 1 is 1.35 bits per heavy atom. The first-order chi connectivity index (χ1) is 9.58. The van der Waals surface area contributed by atoms with E-state index in [1.54, 1.807) is 7.11 Å². The Kier molecular flexibility index (Phi) is 8.19. The molecular formula is C16H27BrN2O. The Hall–Kier alpha value is -0.580. The van der Waals surface area contributed by atoms with Gasteiger partial charge in [-0.3, -0.25) is 0 Å². The third-order valence-corrected chi connectivity index (χ3v) is 3.91. The predicted molar refractivity (Wildman–Crippen MR) is 90.4 cm³/mol. The van der Waals surface area contributed by atoms with Crippen molar-refractivity contribution in [3.8, 4) is 0 Å². The van der Waals surface area contributed by atoms with Gasteiger partial charge in [0.25, 0.3) is 0 Å². The molecule has 1 rings (SSSR count). The molecule has 0 aromatic heterocycles. The van der Waals surface area contributed by atoms with E-state index >= 15 is 0 Å². The second-order valence-electron chi connectivity index (χ2n) is 5.38. The van der Waals surface area contributed by atoms with Crippen molar-refractivity contribution in [1.29, 1.82) is 0 Å². The zero-order valence-electron chi connectivity index (χ0n) is 13.1. The highest BCUT2D eigenvalue weighted by molar-refractivity contribution is 9.10. The van der Waals surface area contributed by atoms with Crippen LogP contribution in [0.4, 0.5) is 5.69 Å². The van der Waals surface area contributed by atoms with Gasteiger partial charge in [-0.1, -0.05) is 35.8 Å². The summed E-state index contributed by atoms with van der Waals surface area (Å²) in [6.07, 6.45) is 0. The molecule has 1 aromatic carbocycles. The average Bonchev–Trinajstić information content (AvgIpc) is 2.42. The minimum Gasteiger partial charge on any atom is -0.383 e. The Labute approximate surface area is 131 Å². The van der Waals surface area contributed by atoms with E-state index in [2.05, 4.69) is 65.1 Å². The zero-order chi connectivity index (χ0) is 15.0. The second-order valence-corrected chi connectivity index (χ2v) is 6.23. The highest BCUT2D eigenvalue weighted by atomic mass is 79.9. The Balaban J connectivity index is 2.66. The number of halogens is 1. The molecule has 4 heteroatoms. The van der Waals surface area contributed by atoms with Crippen LogP contribution in [-0.4, -0.2) is 33.4 Å². The van der Waals surface area contributed by atoms with Crippen molar-refractivity contribution in [3.05, 3.63) is 28.2 Å². The molecule has 0 amide bonds. The minimum atomic E-state index is 0.670. The number of benzene rings is 1. The van der Waals surface area contributed by atoms with Crippen LogP contribution in [0, 0.1) is 5.92 Å². The lowest BCUT2D eigenvalue weighted by molar-refractivity contribution is 0.199. The predicted octanol–water partition coefficient (Wildman–Crippen LogP) is 3.67. The molecule has 0 spiro atoms. The molecular weight excluding hydrogens is 316 g/mol. The number of anilines is 1. The summed E-state index contributed by atoms with van der Waals surface area (Å²) in [4.78, 5) is 2.41. The van der Waals surface area contributed by atoms with E-state index in [1.807, 2.05) is 0 Å². The molecule has 0 atom stereocenters. The summed E-state index contributed by atoms with van der Waals surface area (Å²) in [5, 5.41) is 3.37. The standard InChI is InChI=1S/C16H27BrN2O/c1-5-19(12-13(2)3)15-7-6-14(16(17)10-15)11-18-8-9-20-4/h6-7,10,13,18H,5,8-9,11-12H2,1-4H3. The van der Waals surface area contributed by atoms with E-state index in [1.165, 1.54) is 15.7 Å². The van der Waals surface area contributed by atoms with Gasteiger partial charge in [0.05, 0.1) is 6.61 Å². The minimum absolute atomic E-state index is 0.670. The van der Waals surface area contributed by atoms with Crippen LogP contribution in [0.25, 0.3) is 0 Å². The second kappa shape index (κ2) is 9.37. The van der Waals surface area contributed by atoms with Gasteiger partial charge in [0.15, 0.2) is 0 Å². The summed E-state index contributed by atoms with van der Waals surface area (Å²) in [6.45, 7) is 11.3. The zero-order valence-corrected chi connectivity index (χ0v) is 14.7. The third kappa shape index (κ3) is 5.81. The van der Waals surface area contributed by atoms with Gasteiger partial charge in [-0.15, -0.1) is 0 Å². The first-order valence-electron chi connectivity index (χ1n) is 7.31. The molecule has 1 aromatic rings. The van der Waals surface area contributed by atoms with E-state index in [-0.39, 0.29) is 0 Å². The molecule has 0 saturated carbocycles. The highest BCUT2D eigenvalue weighted by Crippen LogP contribution is 2.24. The van der Waals surface area contributed by atoms with Crippen molar-refractivity contribution in [1.82, 2.24) is 5.32 Å². The van der Waals surface area contributed by atoms with Crippen LogP contribution in [0.1, 0.15) is 26.3 Å². The first kappa shape index (κ1) is 17.5. The SMILES string of the molecule is CCN(CC(C)C)c1ccc(CNCCOC)c(Br)c1. The number of nitrogens with zero attached hydrogens (tertiary/aromatic N) is 1. The fraction of sp³-hybridized carbons (Fsp3) is 0.625. The van der Waals surface area contributed by atoms with Crippen LogP contribution < -0.4 is 10.2 Å². The quantitative estimate of drug-likeness (QED) is 0.693. The Bertz CT molecular complexity index is 396. The summed E-state index contributed by atoms with van der Waals surface area (Å²) in [5.74, 6) is 0.670. The maximum absolute atomic E-state index is 5.03. The fourth-order valence-corrected chi connectivity index (χ4v) is 2.64. The van der Waals surface area contributed by atoms with E-state index in [0.717, 1.165) is 32.8 Å². The van der Waals surface area contributed by atoms with E-state index in [0.29, 0.717) is 5.92 Å². The Morgan fingerprint density at radius 2 is 2.10 bits per heavy atom. The number of nitrogens with one attached hydrogen (secondary N) is 1. The Morgan fingerprint density at radius 3 is 2.65 bits per heavy atom. The summed E-state index contributed by atoms with van der Waals surface area (Å²) in [5.41, 5.74) is 2.57. The highest BCUT2D eigenvalue weighted by Gasteiger charge is 2.08. The van der Waals surface area contributed by atoms with Gasteiger partial charge in [0.1, 0.15) is 0 Å². The molecule has 0 aliphatic heterocycles. The monoisotopic (exact) mass is 342 g/mol. The molecule has 0 aliphatic rings. The third-order valence-electron chi connectivity index (χ3n) is 3.17. The maximum Gasteiger partial charge on any atom is 0.0587 e. The van der Waals surface area contributed by atoms with Gasteiger partial charge >= 0.3 is 0 Å². The number of hydrogen-bond donors (Lipinski definition) is 1. The number of ether oxygens (including phenoxy) is 1. The van der Waals surface area contributed by atoms with E-state index in [9.17, 15) is 0 Å². The average molecular weight is 343 g/mol. The van der Waals surface area contributed by atoms with Crippen molar-refractivity contribution in [3.63, 3.8) is 0 Å². The molecule has 0 aliphatic carbocycles. The molecule has 0 unspecified atom stereocenters. The van der Waals surface area contributed by atoms with Gasteiger partial charge in [-0.05, 0) is 30.5 Å². The molecule has 3 nitrogen and oxygen atoms in total. The van der Waals surface area contributed by atoms with Gasteiger partial charge in [-0.2, -0.15) is 0 Å². The lowest BCUT2D eigenvalue weighted by Crippen LogP contribution is -2.27. The van der Waals surface area contributed by atoms with Gasteiger partial charge in [0, 0.05) is 43.4 Å². The number of methoxy groups -OCH3 is 1. The molecule has 1 N–H and O–H groups in total. The van der Waals surface area contributed by atoms with Crippen molar-refractivity contribution in [2.75, 3.05) is 38.3 Å². The topological polar surface area (TPSA) is 24.5 Å². The van der Waals surface area contributed by atoms with Crippen molar-refractivity contribution in [2.45, 2.75) is 27.3 Å². The molecule has 20 heavy (non-hydrogen) atoms. The van der Waals surface area contributed by atoms with Crippen molar-refractivity contribution in [2.24, 2.45) is 5.92 Å². The summed E-state index contributed by atoms with van der Waals surface area (Å²) in [7, 11) is 1.72. The largest absolute Gasteiger partial charge is 0.383 e. The molecule has 0 fully saturated rings. The first-order valence-corrected chi connectivity index (χ1v) is 8.10. The van der Waals surface area contributed by atoms with E-state index < -0.39 is 0 Å².